The number of aromatic nitrogens is 2. The predicted molar refractivity (Wildman–Crippen MR) is 334 cm³/mol. The van der Waals surface area contributed by atoms with Crippen molar-refractivity contribution in [3.8, 4) is 61.8 Å². The van der Waals surface area contributed by atoms with E-state index in [0.717, 1.165) is 67.3 Å². The first-order chi connectivity index (χ1) is 42.2. The highest BCUT2D eigenvalue weighted by molar-refractivity contribution is 6.09. The molecular formula is C74H60F10N4O. The van der Waals surface area contributed by atoms with Crippen LogP contribution in [0.3, 0.4) is 0 Å². The minimum atomic E-state index is -2.48. The largest absolute Gasteiger partial charge is 0.457 e. The van der Waals surface area contributed by atoms with E-state index in [1.165, 1.54) is 4.90 Å². The molecule has 0 spiro atoms. The number of fused-ring (bicyclic) bond motifs is 4. The molecule has 452 valence electrons. The zero-order valence-electron chi connectivity index (χ0n) is 50.3. The summed E-state index contributed by atoms with van der Waals surface area (Å²) in [4.78, 5) is 7.93. The number of ether oxygens (including phenoxy) is 1. The summed E-state index contributed by atoms with van der Waals surface area (Å²) in [7, 11) is 0. The molecule has 9 aromatic carbocycles. The van der Waals surface area contributed by atoms with Gasteiger partial charge in [-0.25, -0.2) is 48.9 Å². The van der Waals surface area contributed by atoms with Crippen molar-refractivity contribution in [3.63, 3.8) is 0 Å². The van der Waals surface area contributed by atoms with Crippen LogP contribution in [0.2, 0.25) is 0 Å². The van der Waals surface area contributed by atoms with Gasteiger partial charge in [-0.15, -0.1) is 0 Å². The van der Waals surface area contributed by atoms with Crippen molar-refractivity contribution in [1.29, 1.82) is 0 Å². The molecule has 1 aliphatic rings. The van der Waals surface area contributed by atoms with Crippen molar-refractivity contribution in [2.24, 2.45) is 0 Å². The molecule has 0 saturated carbocycles. The molecule has 5 nitrogen and oxygen atoms in total. The first-order valence-corrected chi connectivity index (χ1v) is 29.2. The van der Waals surface area contributed by atoms with E-state index in [2.05, 4.69) is 71.2 Å². The zero-order chi connectivity index (χ0) is 63.4. The molecule has 0 bridgehead atoms. The maximum atomic E-state index is 16.6. The van der Waals surface area contributed by atoms with Gasteiger partial charge in [0.1, 0.15) is 24.0 Å². The van der Waals surface area contributed by atoms with Gasteiger partial charge < -0.3 is 14.5 Å². The van der Waals surface area contributed by atoms with Crippen molar-refractivity contribution in [3.05, 3.63) is 238 Å². The summed E-state index contributed by atoms with van der Waals surface area (Å²) in [5.41, 5.74) is 2.70. The minimum absolute atomic E-state index is 0.0218. The van der Waals surface area contributed by atoms with E-state index in [4.69, 9.17) is 9.72 Å². The molecule has 11 aromatic rings. The Kier molecular flexibility index (Phi) is 15.0. The van der Waals surface area contributed by atoms with E-state index in [-0.39, 0.29) is 28.5 Å². The van der Waals surface area contributed by atoms with Crippen LogP contribution in [0.15, 0.2) is 158 Å². The van der Waals surface area contributed by atoms with Gasteiger partial charge in [0.15, 0.2) is 46.5 Å². The molecule has 89 heavy (non-hydrogen) atoms. The molecule has 0 radical (unpaired) electrons. The molecule has 0 amide bonds. The Morgan fingerprint density at radius 1 is 0.416 bits per heavy atom. The molecule has 15 heteroatoms. The number of anilines is 4. The van der Waals surface area contributed by atoms with E-state index in [1.807, 2.05) is 91.0 Å². The maximum Gasteiger partial charge on any atom is 0.200 e. The average Bonchev–Trinajstić information content (AvgIpc) is 1.75. The number of halogens is 10. The SMILES string of the molecule is CC(C)c1cc(-c2ccccc2)cc(C(C)C)c1-c1cc(Oc2ccc3c4ccccc4n(-c4cc(C(C)(C)C)ccn4)c3c2)cc(N2CN(c3c(-c4c(F)c(F)c(F)c(F)c4F)cc(C(C)(C)C)cc3-c3c(F)c(F)c(F)c(F)c3F)c3ccccc32)c1. The quantitative estimate of drug-likeness (QED) is 0.0734. The zero-order valence-corrected chi connectivity index (χ0v) is 50.3. The van der Waals surface area contributed by atoms with Gasteiger partial charge in [-0.3, -0.25) is 4.57 Å². The smallest absolute Gasteiger partial charge is 0.200 e. The summed E-state index contributed by atoms with van der Waals surface area (Å²) >= 11 is 0. The van der Waals surface area contributed by atoms with Crippen LogP contribution >= 0.6 is 0 Å². The number of nitrogens with zero attached hydrogens (tertiary/aromatic N) is 4. The van der Waals surface area contributed by atoms with Crippen molar-refractivity contribution in [1.82, 2.24) is 9.55 Å². The Hall–Kier alpha value is -9.37. The van der Waals surface area contributed by atoms with Crippen molar-refractivity contribution >= 4 is 44.6 Å². The van der Waals surface area contributed by atoms with E-state index in [9.17, 15) is 8.78 Å². The minimum Gasteiger partial charge on any atom is -0.457 e. The third kappa shape index (κ3) is 10.3. The lowest BCUT2D eigenvalue weighted by atomic mass is 9.81. The van der Waals surface area contributed by atoms with Crippen LogP contribution in [0.5, 0.6) is 11.5 Å². The van der Waals surface area contributed by atoms with Crippen LogP contribution in [0.25, 0.3) is 72.1 Å². The average molecular weight is 1210 g/mol. The molecule has 3 heterocycles. The fourth-order valence-electron chi connectivity index (χ4n) is 12.1. The van der Waals surface area contributed by atoms with E-state index in [1.54, 1.807) is 62.2 Å². The molecule has 0 N–H and O–H groups in total. The number of para-hydroxylation sites is 3. The summed E-state index contributed by atoms with van der Waals surface area (Å²) < 4.78 is 168. The fraction of sp³-hybridized carbons (Fsp3) is 0.203. The van der Waals surface area contributed by atoms with Crippen LogP contribution in [0.4, 0.5) is 66.7 Å². The van der Waals surface area contributed by atoms with Gasteiger partial charge in [0.05, 0.1) is 39.2 Å². The van der Waals surface area contributed by atoms with Crippen molar-refractivity contribution in [2.45, 2.75) is 91.9 Å². The van der Waals surface area contributed by atoms with Crippen molar-refractivity contribution in [2.75, 3.05) is 16.5 Å². The second-order valence-electron chi connectivity index (χ2n) is 25.3. The summed E-state index contributed by atoms with van der Waals surface area (Å²) in [6.45, 7) is 19.1. The van der Waals surface area contributed by atoms with Crippen molar-refractivity contribution < 1.29 is 48.6 Å². The summed E-state index contributed by atoms with van der Waals surface area (Å²) in [5, 5.41) is 1.92. The van der Waals surface area contributed by atoms with Crippen LogP contribution < -0.4 is 14.5 Å². The lowest BCUT2D eigenvalue weighted by Gasteiger charge is -2.31. The molecule has 2 aromatic heterocycles. The molecule has 0 saturated heterocycles. The number of pyridine rings is 1. The van der Waals surface area contributed by atoms with Gasteiger partial charge in [0, 0.05) is 45.9 Å². The van der Waals surface area contributed by atoms with Gasteiger partial charge >= 0.3 is 0 Å². The van der Waals surface area contributed by atoms with Gasteiger partial charge in [-0.1, -0.05) is 142 Å². The first kappa shape index (κ1) is 59.9. The highest BCUT2D eigenvalue weighted by Gasteiger charge is 2.39. The van der Waals surface area contributed by atoms with E-state index in [0.29, 0.717) is 34.3 Å². The second kappa shape index (κ2) is 22.3. The van der Waals surface area contributed by atoms with Gasteiger partial charge in [-0.2, -0.15) is 0 Å². The van der Waals surface area contributed by atoms with Gasteiger partial charge in [0.2, 0.25) is 11.6 Å². The Morgan fingerprint density at radius 3 is 1.47 bits per heavy atom. The molecule has 12 rings (SSSR count). The van der Waals surface area contributed by atoms with Crippen LogP contribution in [-0.4, -0.2) is 16.2 Å². The third-order valence-corrected chi connectivity index (χ3v) is 16.7. The monoisotopic (exact) mass is 1210 g/mol. The Labute approximate surface area is 509 Å². The molecular weight excluding hydrogens is 1150 g/mol. The number of hydrogen-bond acceptors (Lipinski definition) is 4. The molecule has 0 atom stereocenters. The normalized spacial score (nSPS) is 12.8. The molecule has 1 aliphatic heterocycles. The predicted octanol–water partition coefficient (Wildman–Crippen LogP) is 22.1. The lowest BCUT2D eigenvalue weighted by Crippen LogP contribution is -2.26. The second-order valence-corrected chi connectivity index (χ2v) is 25.3. The Balaban J connectivity index is 1.12. The highest BCUT2D eigenvalue weighted by Crippen LogP contribution is 2.55. The Morgan fingerprint density at radius 2 is 0.921 bits per heavy atom. The maximum absolute atomic E-state index is 16.6. The fourth-order valence-corrected chi connectivity index (χ4v) is 12.1. The molecule has 0 aliphatic carbocycles. The van der Waals surface area contributed by atoms with Gasteiger partial charge in [-0.05, 0) is 134 Å². The van der Waals surface area contributed by atoms with Crippen LogP contribution in [-0.2, 0) is 10.8 Å². The van der Waals surface area contributed by atoms with Gasteiger partial charge in [0.25, 0.3) is 0 Å². The summed E-state index contributed by atoms with van der Waals surface area (Å²) in [6, 6.07) is 46.6. The van der Waals surface area contributed by atoms with E-state index < -0.39 is 98.2 Å². The summed E-state index contributed by atoms with van der Waals surface area (Å²) in [5.74, 6) is -22.1. The standard InChI is InChI=1S/C74H60F10N4O/c1-38(2)50-30-41(40-18-12-11-13-19-40)31-51(39(3)4)59(50)42-28-45(35-47(29-42)89-46-24-25-49-48-20-14-15-21-54(48)88(57(49)36-46)58-34-43(26-27-85-58)73(5,6)7)86-37-87(56-23-17-16-22-55(56)86)72-52(60-62(75)66(79)70(83)67(80)63(60)76)32-44(74(8,9)10)33-53(72)61-64(77)68(81)71(84)69(82)65(61)78/h11-36,38-39H,37H2,1-10H3. The number of hydrogen-bond donors (Lipinski definition) is 0. The summed E-state index contributed by atoms with van der Waals surface area (Å²) in [6.07, 6.45) is 1.80. The topological polar surface area (TPSA) is 33.5 Å². The van der Waals surface area contributed by atoms with E-state index >= 15 is 35.1 Å². The molecule has 0 unspecified atom stereocenters. The Bertz CT molecular complexity index is 4500. The highest BCUT2D eigenvalue weighted by atomic mass is 19.2. The van der Waals surface area contributed by atoms with Crippen LogP contribution in [0.1, 0.15) is 103 Å². The van der Waals surface area contributed by atoms with Crippen LogP contribution in [0, 0.1) is 58.2 Å². The molecule has 0 fully saturated rings. The lowest BCUT2D eigenvalue weighted by molar-refractivity contribution is 0.381. The first-order valence-electron chi connectivity index (χ1n) is 29.2. The number of rotatable bonds is 11. The number of benzene rings is 9. The third-order valence-electron chi connectivity index (χ3n) is 16.7.